The number of nitrogen functional groups attached to an aromatic ring is 2. The Morgan fingerprint density at radius 3 is 2.46 bits per heavy atom. The highest BCUT2D eigenvalue weighted by Gasteiger charge is 2.24. The number of nitrogens with two attached hydrogens (primary N) is 2. The zero-order valence-corrected chi connectivity index (χ0v) is 16.6. The van der Waals surface area contributed by atoms with Crippen LogP contribution in [0.3, 0.4) is 0 Å². The fourth-order valence-electron chi connectivity index (χ4n) is 2.87. The first-order valence-electron chi connectivity index (χ1n) is 8.51. The molecule has 8 heteroatoms. The van der Waals surface area contributed by atoms with Gasteiger partial charge < -0.3 is 11.5 Å². The summed E-state index contributed by atoms with van der Waals surface area (Å²) in [6, 6.07) is 4.43. The first-order valence-corrected chi connectivity index (χ1v) is 10.4. The summed E-state index contributed by atoms with van der Waals surface area (Å²) in [6.07, 6.45) is 3.87. The maximum Gasteiger partial charge on any atom is 0.180 e. The quantitative estimate of drug-likeness (QED) is 0.643. The first-order chi connectivity index (χ1) is 12.5. The van der Waals surface area contributed by atoms with Crippen LogP contribution in [0.2, 0.25) is 0 Å². The van der Waals surface area contributed by atoms with Crippen LogP contribution in [-0.2, 0) is 5.75 Å². The van der Waals surface area contributed by atoms with Gasteiger partial charge in [0.25, 0.3) is 0 Å². The molecule has 2 aromatic heterocycles. The van der Waals surface area contributed by atoms with Crippen LogP contribution in [0.25, 0.3) is 0 Å². The third-order valence-electron chi connectivity index (χ3n) is 4.19. The molecular formula is C18H22N6S2. The number of nitriles is 2. The van der Waals surface area contributed by atoms with Crippen molar-refractivity contribution in [2.75, 3.05) is 11.5 Å². The van der Waals surface area contributed by atoms with Crippen LogP contribution in [-0.4, -0.2) is 9.97 Å². The highest BCUT2D eigenvalue weighted by atomic mass is 32.2. The minimum absolute atomic E-state index is 0.124. The van der Waals surface area contributed by atoms with Crippen molar-refractivity contribution in [3.8, 4) is 12.1 Å². The Kier molecular flexibility index (Phi) is 7.26. The third-order valence-corrected chi connectivity index (χ3v) is 5.92. The van der Waals surface area contributed by atoms with E-state index in [0.29, 0.717) is 27.0 Å². The molecule has 26 heavy (non-hydrogen) atoms. The Labute approximate surface area is 162 Å². The number of aromatic nitrogens is 2. The molecule has 0 saturated heterocycles. The average Bonchev–Trinajstić information content (AvgIpc) is 3.05. The van der Waals surface area contributed by atoms with Crippen LogP contribution in [0.4, 0.5) is 10.9 Å². The van der Waals surface area contributed by atoms with E-state index in [2.05, 4.69) is 36.0 Å². The maximum absolute atomic E-state index is 9.79. The van der Waals surface area contributed by atoms with Crippen molar-refractivity contribution in [2.45, 2.75) is 56.2 Å². The van der Waals surface area contributed by atoms with Crippen LogP contribution in [0.5, 0.6) is 0 Å². The van der Waals surface area contributed by atoms with E-state index in [-0.39, 0.29) is 11.7 Å². The van der Waals surface area contributed by atoms with Crippen molar-refractivity contribution in [3.05, 3.63) is 27.8 Å². The molecule has 136 valence electrons. The second-order valence-electron chi connectivity index (χ2n) is 5.90. The lowest BCUT2D eigenvalue weighted by Gasteiger charge is -2.20. The van der Waals surface area contributed by atoms with E-state index < -0.39 is 0 Å². The van der Waals surface area contributed by atoms with Crippen LogP contribution >= 0.6 is 23.1 Å². The van der Waals surface area contributed by atoms with Crippen molar-refractivity contribution >= 4 is 34.0 Å². The smallest absolute Gasteiger partial charge is 0.180 e. The Morgan fingerprint density at radius 1 is 1.19 bits per heavy atom. The molecule has 6 nitrogen and oxygen atoms in total. The number of rotatable bonds is 8. The molecule has 0 bridgehead atoms. The minimum atomic E-state index is 0.124. The summed E-state index contributed by atoms with van der Waals surface area (Å²) < 4.78 is 0. The first kappa shape index (κ1) is 20.0. The van der Waals surface area contributed by atoms with Gasteiger partial charge >= 0.3 is 0 Å². The number of pyridine rings is 1. The van der Waals surface area contributed by atoms with Crippen molar-refractivity contribution in [1.29, 1.82) is 10.5 Å². The van der Waals surface area contributed by atoms with Crippen LogP contribution in [0.1, 0.15) is 67.8 Å². The molecule has 0 aliphatic rings. The molecule has 0 aromatic carbocycles. The Morgan fingerprint density at radius 2 is 1.92 bits per heavy atom. The molecule has 0 radical (unpaired) electrons. The predicted octanol–water partition coefficient (Wildman–Crippen LogP) is 4.42. The lowest BCUT2D eigenvalue weighted by atomic mass is 9.86. The average molecular weight is 387 g/mol. The molecule has 2 aromatic rings. The highest BCUT2D eigenvalue weighted by Crippen LogP contribution is 2.37. The molecule has 0 aliphatic heterocycles. The monoisotopic (exact) mass is 386 g/mol. The summed E-state index contributed by atoms with van der Waals surface area (Å²) in [6.45, 7) is 4.20. The van der Waals surface area contributed by atoms with E-state index >= 15 is 0 Å². The second kappa shape index (κ2) is 9.42. The summed E-state index contributed by atoms with van der Waals surface area (Å²) in [4.78, 5) is 8.57. The zero-order chi connectivity index (χ0) is 19.1. The molecule has 1 atom stereocenters. The molecule has 0 spiro atoms. The summed E-state index contributed by atoms with van der Waals surface area (Å²) in [7, 11) is 0. The molecule has 2 heterocycles. The van der Waals surface area contributed by atoms with Crippen molar-refractivity contribution in [1.82, 2.24) is 9.97 Å². The lowest BCUT2D eigenvalue weighted by Crippen LogP contribution is -2.10. The molecule has 0 amide bonds. The fraction of sp³-hybridized carbons (Fsp3) is 0.444. The van der Waals surface area contributed by atoms with Gasteiger partial charge in [-0.15, -0.1) is 11.3 Å². The van der Waals surface area contributed by atoms with E-state index in [4.69, 9.17) is 11.5 Å². The van der Waals surface area contributed by atoms with Gasteiger partial charge in [-0.1, -0.05) is 38.5 Å². The zero-order valence-electron chi connectivity index (χ0n) is 15.0. The Bertz CT molecular complexity index is 847. The molecule has 4 N–H and O–H groups in total. The Balaban J connectivity index is 2.46. The maximum atomic E-state index is 9.79. The van der Waals surface area contributed by atoms with Crippen LogP contribution < -0.4 is 11.5 Å². The number of anilines is 2. The molecule has 1 unspecified atom stereocenters. The van der Waals surface area contributed by atoms with Gasteiger partial charge in [-0.05, 0) is 24.3 Å². The summed E-state index contributed by atoms with van der Waals surface area (Å²) in [5.74, 6) is 0.863. The third kappa shape index (κ3) is 4.46. The van der Waals surface area contributed by atoms with Gasteiger partial charge in [-0.2, -0.15) is 10.5 Å². The van der Waals surface area contributed by atoms with Gasteiger partial charge in [-0.3, -0.25) is 0 Å². The van der Waals surface area contributed by atoms with Gasteiger partial charge in [0.05, 0.1) is 16.8 Å². The predicted molar refractivity (Wildman–Crippen MR) is 107 cm³/mol. The van der Waals surface area contributed by atoms with E-state index in [1.54, 1.807) is 0 Å². The van der Waals surface area contributed by atoms with E-state index in [0.717, 1.165) is 36.9 Å². The number of nitrogens with zero attached hydrogens (tertiary/aromatic N) is 4. The van der Waals surface area contributed by atoms with Gasteiger partial charge in [0.1, 0.15) is 23.0 Å². The Hall–Kier alpha value is -2.29. The number of thiazole rings is 1. The summed E-state index contributed by atoms with van der Waals surface area (Å²) in [5.41, 5.74) is 14.1. The van der Waals surface area contributed by atoms with Crippen LogP contribution in [0.15, 0.2) is 10.4 Å². The minimum Gasteiger partial charge on any atom is -0.383 e. The largest absolute Gasteiger partial charge is 0.383 e. The number of hydrogen-bond donors (Lipinski definition) is 2. The van der Waals surface area contributed by atoms with Gasteiger partial charge in [0.2, 0.25) is 0 Å². The summed E-state index contributed by atoms with van der Waals surface area (Å²) in [5, 5.41) is 22.3. The highest BCUT2D eigenvalue weighted by molar-refractivity contribution is 7.98. The molecule has 0 fully saturated rings. The number of hydrogen-bond acceptors (Lipinski definition) is 8. The SMILES string of the molecule is CCCCC(CC)c1c(C#N)c(N)nc(SCc2csc(N)n2)c1C#N. The van der Waals surface area contributed by atoms with Crippen molar-refractivity contribution in [3.63, 3.8) is 0 Å². The molecule has 2 rings (SSSR count). The lowest BCUT2D eigenvalue weighted by molar-refractivity contribution is 0.566. The van der Waals surface area contributed by atoms with E-state index in [1.807, 2.05) is 5.38 Å². The number of thioether (sulfide) groups is 1. The normalized spacial score (nSPS) is 11.7. The second-order valence-corrected chi connectivity index (χ2v) is 7.76. The van der Waals surface area contributed by atoms with E-state index in [1.165, 1.54) is 23.1 Å². The van der Waals surface area contributed by atoms with Crippen LogP contribution in [0, 0.1) is 22.7 Å². The van der Waals surface area contributed by atoms with Gasteiger partial charge in [0, 0.05) is 11.1 Å². The molecular weight excluding hydrogens is 364 g/mol. The van der Waals surface area contributed by atoms with E-state index in [9.17, 15) is 10.5 Å². The number of unbranched alkanes of at least 4 members (excludes halogenated alkanes) is 1. The molecule has 0 aliphatic carbocycles. The fourth-order valence-corrected chi connectivity index (χ4v) is 4.44. The summed E-state index contributed by atoms with van der Waals surface area (Å²) >= 11 is 2.78. The topological polar surface area (TPSA) is 125 Å². The van der Waals surface area contributed by atoms with Crippen molar-refractivity contribution in [2.24, 2.45) is 0 Å². The van der Waals surface area contributed by atoms with Crippen molar-refractivity contribution < 1.29 is 0 Å². The molecule has 0 saturated carbocycles. The van der Waals surface area contributed by atoms with Gasteiger partial charge in [-0.25, -0.2) is 9.97 Å². The standard InChI is InChI=1S/C18H22N6S2/c1-3-5-6-11(4-2)15-13(7-19)16(21)24-17(14(15)8-20)25-9-12-10-26-18(22)23-12/h10-11H,3-6,9H2,1-2H3,(H2,21,24)(H2,22,23). The van der Waals surface area contributed by atoms with Gasteiger partial charge in [0.15, 0.2) is 5.13 Å².